The van der Waals surface area contributed by atoms with Crippen molar-refractivity contribution in [3.8, 4) is 0 Å². The van der Waals surface area contributed by atoms with Crippen molar-refractivity contribution in [2.24, 2.45) is 11.8 Å². The summed E-state index contributed by atoms with van der Waals surface area (Å²) in [6, 6.07) is 6.69. The molecule has 0 bridgehead atoms. The number of rotatable bonds is 5. The summed E-state index contributed by atoms with van der Waals surface area (Å²) in [5, 5.41) is 3.42. The van der Waals surface area contributed by atoms with Crippen LogP contribution in [-0.2, 0) is 17.8 Å². The van der Waals surface area contributed by atoms with Crippen LogP contribution in [0.25, 0.3) is 0 Å². The van der Waals surface area contributed by atoms with Crippen LogP contribution in [0.4, 0.5) is 4.39 Å². The van der Waals surface area contributed by atoms with Crippen LogP contribution < -0.4 is 5.32 Å². The minimum Gasteiger partial charge on any atom is -0.335 e. The molecule has 138 valence electrons. The third-order valence-electron chi connectivity index (χ3n) is 5.76. The second-order valence-corrected chi connectivity index (χ2v) is 7.27. The highest BCUT2D eigenvalue weighted by atomic mass is 19.1. The number of nitrogens with one attached hydrogen (secondary N) is 1. The molecule has 0 saturated carbocycles. The van der Waals surface area contributed by atoms with E-state index in [1.165, 1.54) is 6.07 Å². The van der Waals surface area contributed by atoms with E-state index in [0.717, 1.165) is 37.4 Å². The summed E-state index contributed by atoms with van der Waals surface area (Å²) in [4.78, 5) is 19.3. The van der Waals surface area contributed by atoms with Gasteiger partial charge in [0.2, 0.25) is 5.91 Å². The van der Waals surface area contributed by atoms with Gasteiger partial charge in [0.25, 0.3) is 0 Å². The number of fused-ring (bicyclic) bond motifs is 1. The quantitative estimate of drug-likeness (QED) is 0.895. The van der Waals surface area contributed by atoms with Crippen molar-refractivity contribution < 1.29 is 9.18 Å². The maximum Gasteiger partial charge on any atom is 0.224 e. The molecule has 2 saturated heterocycles. The molecule has 3 heterocycles. The minimum atomic E-state index is -0.240. The number of likely N-dealkylation sites (tertiary alicyclic amines) is 1. The number of carbonyl (C=O) groups excluding carboxylic acids is 1. The smallest absolute Gasteiger partial charge is 0.224 e. The highest BCUT2D eigenvalue weighted by Crippen LogP contribution is 2.43. The molecular formula is C20H25FN4O. The van der Waals surface area contributed by atoms with Crippen LogP contribution in [0.1, 0.15) is 30.8 Å². The molecule has 0 spiro atoms. The molecule has 5 nitrogen and oxygen atoms in total. The lowest BCUT2D eigenvalue weighted by molar-refractivity contribution is -0.132. The minimum absolute atomic E-state index is 0.0355. The van der Waals surface area contributed by atoms with E-state index in [1.54, 1.807) is 18.3 Å². The van der Waals surface area contributed by atoms with Crippen molar-refractivity contribution in [1.29, 1.82) is 0 Å². The zero-order valence-electron chi connectivity index (χ0n) is 15.1. The first-order valence-electron chi connectivity index (χ1n) is 9.43. The normalized spacial score (nSPS) is 24.8. The first kappa shape index (κ1) is 17.2. The third-order valence-corrected chi connectivity index (χ3v) is 5.76. The number of nitrogens with zero attached hydrogens (tertiary/aromatic N) is 3. The Morgan fingerprint density at radius 1 is 1.38 bits per heavy atom. The Bertz CT molecular complexity index is 790. The molecule has 1 aromatic heterocycles. The Labute approximate surface area is 153 Å². The van der Waals surface area contributed by atoms with E-state index >= 15 is 0 Å². The number of aryl methyl sites for hydroxylation is 2. The van der Waals surface area contributed by atoms with Crippen molar-refractivity contribution in [2.45, 2.75) is 32.4 Å². The first-order chi connectivity index (χ1) is 12.7. The van der Waals surface area contributed by atoms with Gasteiger partial charge >= 0.3 is 0 Å². The highest BCUT2D eigenvalue weighted by Gasteiger charge is 2.46. The maximum absolute atomic E-state index is 13.8. The Morgan fingerprint density at radius 2 is 2.27 bits per heavy atom. The molecule has 3 atom stereocenters. The molecule has 2 aromatic rings. The van der Waals surface area contributed by atoms with Crippen LogP contribution >= 0.6 is 0 Å². The average molecular weight is 356 g/mol. The van der Waals surface area contributed by atoms with Gasteiger partial charge in [0.1, 0.15) is 11.6 Å². The number of aromatic nitrogens is 2. The number of benzene rings is 1. The lowest BCUT2D eigenvalue weighted by atomic mass is 9.89. The SMILES string of the molecule is CCc1nccn1CCC(=O)N1C[C@@H]2CNC[C@@H]2[C@@H]1c1cccc(F)c1. The van der Waals surface area contributed by atoms with Crippen molar-refractivity contribution in [3.05, 3.63) is 53.9 Å². The number of hydrogen-bond acceptors (Lipinski definition) is 3. The molecule has 2 fully saturated rings. The number of imidazole rings is 1. The summed E-state index contributed by atoms with van der Waals surface area (Å²) in [7, 11) is 0. The topological polar surface area (TPSA) is 50.2 Å². The predicted molar refractivity (Wildman–Crippen MR) is 96.9 cm³/mol. The first-order valence-corrected chi connectivity index (χ1v) is 9.43. The molecular weight excluding hydrogens is 331 g/mol. The van der Waals surface area contributed by atoms with Crippen molar-refractivity contribution in [3.63, 3.8) is 0 Å². The van der Waals surface area contributed by atoms with E-state index in [2.05, 4.69) is 17.2 Å². The summed E-state index contributed by atoms with van der Waals surface area (Å²) in [6.07, 6.45) is 5.01. The Balaban J connectivity index is 1.52. The van der Waals surface area contributed by atoms with E-state index in [1.807, 2.05) is 21.7 Å². The summed E-state index contributed by atoms with van der Waals surface area (Å²) in [6.45, 7) is 5.28. The van der Waals surface area contributed by atoms with E-state index in [0.29, 0.717) is 24.8 Å². The zero-order valence-corrected chi connectivity index (χ0v) is 15.1. The molecule has 0 radical (unpaired) electrons. The van der Waals surface area contributed by atoms with Gasteiger partial charge in [-0.2, -0.15) is 0 Å². The van der Waals surface area contributed by atoms with Gasteiger partial charge in [-0.1, -0.05) is 19.1 Å². The zero-order chi connectivity index (χ0) is 18.1. The van der Waals surface area contributed by atoms with E-state index in [9.17, 15) is 9.18 Å². The van der Waals surface area contributed by atoms with Crippen LogP contribution in [0.3, 0.4) is 0 Å². The van der Waals surface area contributed by atoms with E-state index in [-0.39, 0.29) is 17.8 Å². The number of amides is 1. The molecule has 0 aliphatic carbocycles. The molecule has 1 amide bonds. The Morgan fingerprint density at radius 3 is 3.08 bits per heavy atom. The summed E-state index contributed by atoms with van der Waals surface area (Å²) < 4.78 is 15.8. The maximum atomic E-state index is 13.8. The summed E-state index contributed by atoms with van der Waals surface area (Å²) >= 11 is 0. The van der Waals surface area contributed by atoms with E-state index < -0.39 is 0 Å². The second-order valence-electron chi connectivity index (χ2n) is 7.27. The molecule has 1 aromatic carbocycles. The third kappa shape index (κ3) is 3.14. The van der Waals surface area contributed by atoms with Crippen LogP contribution in [0.15, 0.2) is 36.7 Å². The van der Waals surface area contributed by atoms with Crippen LogP contribution in [0, 0.1) is 17.7 Å². The molecule has 6 heteroatoms. The number of hydrogen-bond donors (Lipinski definition) is 1. The Hall–Kier alpha value is -2.21. The molecule has 4 rings (SSSR count). The van der Waals surface area contributed by atoms with Crippen LogP contribution in [-0.4, -0.2) is 40.0 Å². The van der Waals surface area contributed by atoms with Crippen molar-refractivity contribution in [1.82, 2.24) is 19.8 Å². The lowest BCUT2D eigenvalue weighted by Gasteiger charge is -2.28. The van der Waals surface area contributed by atoms with E-state index in [4.69, 9.17) is 0 Å². The number of halogens is 1. The fourth-order valence-corrected chi connectivity index (χ4v) is 4.51. The van der Waals surface area contributed by atoms with Crippen molar-refractivity contribution in [2.75, 3.05) is 19.6 Å². The largest absolute Gasteiger partial charge is 0.335 e. The van der Waals surface area contributed by atoms with Gasteiger partial charge in [-0.3, -0.25) is 4.79 Å². The standard InChI is InChI=1S/C20H25FN4O/c1-2-18-23-7-9-24(18)8-6-19(26)25-13-15-11-22-12-17(15)20(25)14-4-3-5-16(21)10-14/h3-5,7,9-10,15,17,20,22H,2,6,8,11-13H2,1H3/t15-,17-,20-/m0/s1. The van der Waals surface area contributed by atoms with Crippen molar-refractivity contribution >= 4 is 5.91 Å². The second kappa shape index (κ2) is 7.19. The van der Waals surface area contributed by atoms with Gasteiger partial charge in [0, 0.05) is 57.3 Å². The molecule has 2 aliphatic heterocycles. The fourth-order valence-electron chi connectivity index (χ4n) is 4.51. The van der Waals surface area contributed by atoms with Gasteiger partial charge in [-0.05, 0) is 23.6 Å². The van der Waals surface area contributed by atoms with Gasteiger partial charge in [0.15, 0.2) is 0 Å². The summed E-state index contributed by atoms with van der Waals surface area (Å²) in [5.74, 6) is 1.72. The van der Waals surface area contributed by atoms with Gasteiger partial charge in [-0.25, -0.2) is 9.37 Å². The lowest BCUT2D eigenvalue weighted by Crippen LogP contribution is -2.35. The molecule has 1 N–H and O–H groups in total. The van der Waals surface area contributed by atoms with Crippen LogP contribution in [0.5, 0.6) is 0 Å². The Kier molecular flexibility index (Phi) is 4.76. The molecule has 26 heavy (non-hydrogen) atoms. The molecule has 0 unspecified atom stereocenters. The van der Waals surface area contributed by atoms with Gasteiger partial charge < -0.3 is 14.8 Å². The number of carbonyl (C=O) groups is 1. The average Bonchev–Trinajstić information content (AvgIpc) is 3.34. The highest BCUT2D eigenvalue weighted by molar-refractivity contribution is 5.77. The van der Waals surface area contributed by atoms with Gasteiger partial charge in [-0.15, -0.1) is 0 Å². The van der Waals surface area contributed by atoms with Gasteiger partial charge in [0.05, 0.1) is 6.04 Å². The molecule has 2 aliphatic rings. The monoisotopic (exact) mass is 356 g/mol. The van der Waals surface area contributed by atoms with Crippen LogP contribution in [0.2, 0.25) is 0 Å². The fraction of sp³-hybridized carbons (Fsp3) is 0.500. The predicted octanol–water partition coefficient (Wildman–Crippen LogP) is 2.39. The summed E-state index contributed by atoms with van der Waals surface area (Å²) in [5.41, 5.74) is 0.909.